The van der Waals surface area contributed by atoms with Crippen molar-refractivity contribution < 1.29 is 13.2 Å². The van der Waals surface area contributed by atoms with E-state index in [9.17, 15) is 18.0 Å². The second-order valence-corrected chi connectivity index (χ2v) is 6.94. The summed E-state index contributed by atoms with van der Waals surface area (Å²) < 4.78 is 41.5. The van der Waals surface area contributed by atoms with Gasteiger partial charge in [-0.25, -0.2) is 14.6 Å². The van der Waals surface area contributed by atoms with Crippen molar-refractivity contribution in [3.8, 4) is 5.69 Å². The Morgan fingerprint density at radius 2 is 2.07 bits per heavy atom. The smallest absolute Gasteiger partial charge is 0.292 e. The second kappa shape index (κ2) is 6.31. The zero-order valence-corrected chi connectivity index (χ0v) is 14.8. The molecule has 0 saturated heterocycles. The zero-order chi connectivity index (χ0) is 19.2. The van der Waals surface area contributed by atoms with E-state index in [2.05, 4.69) is 15.1 Å². The fraction of sp³-hybridized carbons (Fsp3) is 0.176. The van der Waals surface area contributed by atoms with Crippen LogP contribution >= 0.6 is 11.3 Å². The SMILES string of the molecule is Cc1nc(Cn2cnc3c(cnn3-c3cccc(C(F)(F)F)c3)c2=O)cs1. The van der Waals surface area contributed by atoms with Gasteiger partial charge in [0.2, 0.25) is 0 Å². The van der Waals surface area contributed by atoms with Gasteiger partial charge < -0.3 is 0 Å². The number of halogens is 3. The largest absolute Gasteiger partial charge is 0.416 e. The van der Waals surface area contributed by atoms with Gasteiger partial charge >= 0.3 is 6.18 Å². The highest BCUT2D eigenvalue weighted by molar-refractivity contribution is 7.09. The molecule has 6 nitrogen and oxygen atoms in total. The maximum atomic E-state index is 12.9. The highest BCUT2D eigenvalue weighted by Gasteiger charge is 2.30. The maximum Gasteiger partial charge on any atom is 0.416 e. The first-order valence-corrected chi connectivity index (χ1v) is 8.73. The molecule has 3 heterocycles. The summed E-state index contributed by atoms with van der Waals surface area (Å²) in [6.45, 7) is 2.14. The Morgan fingerprint density at radius 3 is 2.78 bits per heavy atom. The highest BCUT2D eigenvalue weighted by Crippen LogP contribution is 2.30. The first-order chi connectivity index (χ1) is 12.8. The molecule has 0 aliphatic heterocycles. The molecule has 0 fully saturated rings. The number of nitrogens with zero attached hydrogens (tertiary/aromatic N) is 5. The second-order valence-electron chi connectivity index (χ2n) is 5.88. The van der Waals surface area contributed by atoms with Crippen molar-refractivity contribution in [1.82, 2.24) is 24.3 Å². The van der Waals surface area contributed by atoms with Gasteiger partial charge in [-0.05, 0) is 25.1 Å². The number of hydrogen-bond acceptors (Lipinski definition) is 5. The Morgan fingerprint density at radius 1 is 1.26 bits per heavy atom. The lowest BCUT2D eigenvalue weighted by molar-refractivity contribution is -0.137. The summed E-state index contributed by atoms with van der Waals surface area (Å²) >= 11 is 1.48. The number of fused-ring (bicyclic) bond motifs is 1. The van der Waals surface area contributed by atoms with E-state index >= 15 is 0 Å². The maximum absolute atomic E-state index is 12.9. The van der Waals surface area contributed by atoms with Crippen molar-refractivity contribution in [2.24, 2.45) is 0 Å². The van der Waals surface area contributed by atoms with Crippen LogP contribution in [-0.2, 0) is 12.7 Å². The van der Waals surface area contributed by atoms with Crippen molar-refractivity contribution in [1.29, 1.82) is 0 Å². The summed E-state index contributed by atoms with van der Waals surface area (Å²) in [6, 6.07) is 4.72. The minimum Gasteiger partial charge on any atom is -0.292 e. The van der Waals surface area contributed by atoms with Crippen LogP contribution < -0.4 is 5.56 Å². The van der Waals surface area contributed by atoms with Gasteiger partial charge in [0.15, 0.2) is 5.65 Å². The van der Waals surface area contributed by atoms with Gasteiger partial charge in [0.1, 0.15) is 11.7 Å². The summed E-state index contributed by atoms with van der Waals surface area (Å²) in [7, 11) is 0. The molecule has 10 heteroatoms. The Hall–Kier alpha value is -3.01. The summed E-state index contributed by atoms with van der Waals surface area (Å²) in [5.74, 6) is 0. The molecule has 0 saturated carbocycles. The van der Waals surface area contributed by atoms with Crippen LogP contribution in [0.5, 0.6) is 0 Å². The van der Waals surface area contributed by atoms with E-state index in [-0.39, 0.29) is 28.8 Å². The number of aryl methyl sites for hydroxylation is 1. The zero-order valence-electron chi connectivity index (χ0n) is 13.9. The van der Waals surface area contributed by atoms with Crippen LogP contribution in [0.15, 0.2) is 47.0 Å². The summed E-state index contributed by atoms with van der Waals surface area (Å²) in [6.07, 6.45) is -1.80. The Bertz CT molecular complexity index is 1190. The highest BCUT2D eigenvalue weighted by atomic mass is 32.1. The molecule has 4 rings (SSSR count). The Kier molecular flexibility index (Phi) is 4.06. The van der Waals surface area contributed by atoms with Crippen LogP contribution in [0.2, 0.25) is 0 Å². The average molecular weight is 391 g/mol. The molecule has 138 valence electrons. The molecule has 4 aromatic rings. The van der Waals surface area contributed by atoms with Gasteiger partial charge in [-0.3, -0.25) is 9.36 Å². The Labute approximate surface area is 154 Å². The predicted molar refractivity (Wildman–Crippen MR) is 94.1 cm³/mol. The van der Waals surface area contributed by atoms with Crippen molar-refractivity contribution >= 4 is 22.4 Å². The fourth-order valence-electron chi connectivity index (χ4n) is 2.72. The number of thiazole rings is 1. The molecule has 0 amide bonds. The van der Waals surface area contributed by atoms with Crippen molar-refractivity contribution in [2.45, 2.75) is 19.6 Å². The van der Waals surface area contributed by atoms with Crippen molar-refractivity contribution in [3.63, 3.8) is 0 Å². The average Bonchev–Trinajstić information content (AvgIpc) is 3.23. The minimum atomic E-state index is -4.47. The molecule has 0 N–H and O–H groups in total. The molecule has 0 unspecified atom stereocenters. The lowest BCUT2D eigenvalue weighted by Gasteiger charge is -2.09. The van der Waals surface area contributed by atoms with E-state index in [0.29, 0.717) is 0 Å². The standard InChI is InChI=1S/C17H12F3N5OS/c1-10-23-12(8-27-10)7-24-9-21-15-14(16(24)26)6-22-25(15)13-4-2-3-11(5-13)17(18,19)20/h2-6,8-9H,7H2,1H3. The molecule has 0 aliphatic rings. The van der Waals surface area contributed by atoms with Gasteiger partial charge in [0.25, 0.3) is 5.56 Å². The number of rotatable bonds is 3. The lowest BCUT2D eigenvalue weighted by atomic mass is 10.2. The van der Waals surface area contributed by atoms with Crippen LogP contribution in [0, 0.1) is 6.92 Å². The van der Waals surface area contributed by atoms with E-state index in [4.69, 9.17) is 0 Å². The first kappa shape index (κ1) is 17.4. The summed E-state index contributed by atoms with van der Waals surface area (Å²) in [4.78, 5) is 21.2. The van der Waals surface area contributed by atoms with Crippen LogP contribution in [0.4, 0.5) is 13.2 Å². The van der Waals surface area contributed by atoms with Gasteiger partial charge in [-0.2, -0.15) is 18.3 Å². The third-order valence-corrected chi connectivity index (χ3v) is 4.79. The predicted octanol–water partition coefficient (Wildman–Crippen LogP) is 3.41. The van der Waals surface area contributed by atoms with Gasteiger partial charge in [0, 0.05) is 5.38 Å². The van der Waals surface area contributed by atoms with Crippen LogP contribution in [0.25, 0.3) is 16.7 Å². The molecule has 27 heavy (non-hydrogen) atoms. The number of alkyl halides is 3. The molecule has 3 aromatic heterocycles. The monoisotopic (exact) mass is 391 g/mol. The van der Waals surface area contributed by atoms with Gasteiger partial charge in [-0.1, -0.05) is 6.07 Å². The quantitative estimate of drug-likeness (QED) is 0.537. The third-order valence-electron chi connectivity index (χ3n) is 3.97. The van der Waals surface area contributed by atoms with Crippen molar-refractivity contribution in [3.05, 3.63) is 68.8 Å². The van der Waals surface area contributed by atoms with E-state index in [1.165, 1.54) is 45.2 Å². The molecule has 0 spiro atoms. The fourth-order valence-corrected chi connectivity index (χ4v) is 3.32. The van der Waals surface area contributed by atoms with Crippen LogP contribution in [0.3, 0.4) is 0 Å². The number of benzene rings is 1. The van der Waals surface area contributed by atoms with E-state index in [1.54, 1.807) is 0 Å². The summed E-state index contributed by atoms with van der Waals surface area (Å²) in [5, 5.41) is 7.04. The molecule has 0 radical (unpaired) electrons. The number of hydrogen-bond donors (Lipinski definition) is 0. The summed E-state index contributed by atoms with van der Waals surface area (Å²) in [5.41, 5.74) is -0.00423. The molecular weight excluding hydrogens is 379 g/mol. The molecule has 1 aromatic carbocycles. The Balaban J connectivity index is 1.77. The number of aromatic nitrogens is 5. The van der Waals surface area contributed by atoms with Crippen LogP contribution in [0.1, 0.15) is 16.3 Å². The van der Waals surface area contributed by atoms with E-state index in [0.717, 1.165) is 22.8 Å². The molecular formula is C17H12F3N5OS. The minimum absolute atomic E-state index is 0.180. The van der Waals surface area contributed by atoms with Gasteiger partial charge in [0.05, 0.1) is 34.7 Å². The topological polar surface area (TPSA) is 65.6 Å². The van der Waals surface area contributed by atoms with Crippen molar-refractivity contribution in [2.75, 3.05) is 0 Å². The molecule has 0 atom stereocenters. The lowest BCUT2D eigenvalue weighted by Crippen LogP contribution is -2.21. The molecule has 0 aliphatic carbocycles. The first-order valence-electron chi connectivity index (χ1n) is 7.85. The van der Waals surface area contributed by atoms with Gasteiger partial charge in [-0.15, -0.1) is 11.3 Å². The third kappa shape index (κ3) is 3.23. The van der Waals surface area contributed by atoms with E-state index < -0.39 is 11.7 Å². The normalized spacial score (nSPS) is 12.0. The van der Waals surface area contributed by atoms with Crippen LogP contribution in [-0.4, -0.2) is 24.3 Å². The molecule has 0 bridgehead atoms. The van der Waals surface area contributed by atoms with E-state index in [1.807, 2.05) is 12.3 Å².